The van der Waals surface area contributed by atoms with Crippen molar-refractivity contribution in [3.63, 3.8) is 0 Å². The summed E-state index contributed by atoms with van der Waals surface area (Å²) in [6.07, 6.45) is 3.21. The highest BCUT2D eigenvalue weighted by Crippen LogP contribution is 2.72. The lowest BCUT2D eigenvalue weighted by Gasteiger charge is -2.62. The van der Waals surface area contributed by atoms with Crippen LogP contribution in [0.3, 0.4) is 0 Å². The highest BCUT2D eigenvalue weighted by Gasteiger charge is 2.77. The minimum absolute atomic E-state index is 0.00601. The molecule has 2 fully saturated rings. The van der Waals surface area contributed by atoms with Gasteiger partial charge >= 0.3 is 11.9 Å². The van der Waals surface area contributed by atoms with Crippen LogP contribution in [0.5, 0.6) is 0 Å². The van der Waals surface area contributed by atoms with E-state index in [1.165, 1.54) is 38.3 Å². The van der Waals surface area contributed by atoms with E-state index in [0.29, 0.717) is 0 Å². The fourth-order valence-corrected chi connectivity index (χ4v) is 8.92. The molecule has 4 aliphatic carbocycles. The van der Waals surface area contributed by atoms with Gasteiger partial charge in [-0.15, -0.1) is 0 Å². The van der Waals surface area contributed by atoms with Gasteiger partial charge in [-0.05, 0) is 37.3 Å². The number of hydrogen-bond acceptors (Lipinski definition) is 8. The van der Waals surface area contributed by atoms with E-state index in [0.717, 1.165) is 11.8 Å². The second kappa shape index (κ2) is 10.3. The molecule has 0 spiro atoms. The van der Waals surface area contributed by atoms with Crippen LogP contribution in [0.4, 0.5) is 8.78 Å². The van der Waals surface area contributed by atoms with Crippen molar-refractivity contribution in [1.82, 2.24) is 0 Å². The first-order valence-electron chi connectivity index (χ1n) is 13.3. The zero-order valence-corrected chi connectivity index (χ0v) is 23.7. The van der Waals surface area contributed by atoms with Gasteiger partial charge in [0.15, 0.2) is 17.1 Å². The molecule has 10 heteroatoms. The third-order valence-electron chi connectivity index (χ3n) is 9.83. The van der Waals surface area contributed by atoms with E-state index in [-0.39, 0.29) is 49.2 Å². The van der Waals surface area contributed by atoms with E-state index in [2.05, 4.69) is 4.74 Å². The van der Waals surface area contributed by atoms with Crippen LogP contribution in [0.25, 0.3) is 0 Å². The number of carbonyl (C=O) groups is 4. The van der Waals surface area contributed by atoms with Gasteiger partial charge in [-0.1, -0.05) is 44.7 Å². The molecule has 2 saturated carbocycles. The van der Waals surface area contributed by atoms with Gasteiger partial charge in [0, 0.05) is 53.8 Å². The van der Waals surface area contributed by atoms with Gasteiger partial charge < -0.3 is 14.6 Å². The predicted octanol–water partition coefficient (Wildman–Crippen LogP) is 4.58. The van der Waals surface area contributed by atoms with Crippen molar-refractivity contribution in [2.24, 2.45) is 28.6 Å². The minimum Gasteiger partial charge on any atom is -0.466 e. The SMILES string of the molecule is CCC(=O)O[C@]1(C(=O)SCC=CC(=O)OC)[C@H](C)CC2C3CC(F)=C4CC(=O)C=C[C@]4(C)[C@@]3(F)[C@@H](O)C[C@@]21C. The number of methoxy groups -OCH3 is 1. The zero-order valence-electron chi connectivity index (χ0n) is 22.9. The first-order chi connectivity index (χ1) is 18.2. The van der Waals surface area contributed by atoms with Crippen LogP contribution < -0.4 is 0 Å². The number of allylic oxidation sites excluding steroid dienone is 4. The summed E-state index contributed by atoms with van der Waals surface area (Å²) >= 11 is 0.865. The monoisotopic (exact) mass is 566 g/mol. The standard InChI is InChI=1S/C29H36F2O7S/c1-6-23(34)38-29(25(36)39-11-7-8-24(35)37-5)16(2)12-18-19-14-21(30)20-13-17(32)9-10-26(20,3)28(19,31)22(33)15-27(18,29)4/h7-10,16,18-19,22,33H,6,11-15H2,1-5H3/t16-,18?,19?,22+,26+,27+,28+,29+/m1/s1. The summed E-state index contributed by atoms with van der Waals surface area (Å²) in [6, 6.07) is 0. The molecule has 0 aromatic carbocycles. The van der Waals surface area contributed by atoms with Gasteiger partial charge in [0.2, 0.25) is 5.12 Å². The first-order valence-corrected chi connectivity index (χ1v) is 14.3. The molecule has 4 rings (SSSR count). The molecule has 7 nitrogen and oxygen atoms in total. The van der Waals surface area contributed by atoms with Gasteiger partial charge in [0.05, 0.1) is 13.2 Å². The number of esters is 2. The lowest BCUT2D eigenvalue weighted by atomic mass is 9.45. The maximum Gasteiger partial charge on any atom is 0.330 e. The second-order valence-electron chi connectivity index (χ2n) is 11.6. The Kier molecular flexibility index (Phi) is 7.79. The Bertz CT molecular complexity index is 1180. The van der Waals surface area contributed by atoms with E-state index in [4.69, 9.17) is 4.74 Å². The second-order valence-corrected chi connectivity index (χ2v) is 12.6. The number of aliphatic hydroxyl groups is 1. The molecule has 0 amide bonds. The number of alkyl halides is 1. The van der Waals surface area contributed by atoms with E-state index >= 15 is 8.78 Å². The fourth-order valence-electron chi connectivity index (χ4n) is 7.89. The smallest absolute Gasteiger partial charge is 0.330 e. The van der Waals surface area contributed by atoms with Gasteiger partial charge in [-0.3, -0.25) is 14.4 Å². The van der Waals surface area contributed by atoms with Gasteiger partial charge in [-0.25, -0.2) is 13.6 Å². The minimum atomic E-state index is -2.29. The molecule has 0 bridgehead atoms. The highest BCUT2D eigenvalue weighted by molar-refractivity contribution is 8.14. The molecule has 0 radical (unpaired) electrons. The van der Waals surface area contributed by atoms with Gasteiger partial charge in [-0.2, -0.15) is 0 Å². The number of thioether (sulfide) groups is 1. The quantitative estimate of drug-likeness (QED) is 0.368. The number of ether oxygens (including phenoxy) is 2. The molecule has 8 atom stereocenters. The summed E-state index contributed by atoms with van der Waals surface area (Å²) in [6.45, 7) is 6.63. The average Bonchev–Trinajstić information content (AvgIpc) is 3.11. The van der Waals surface area contributed by atoms with E-state index in [1.807, 2.05) is 0 Å². The van der Waals surface area contributed by atoms with Crippen molar-refractivity contribution >= 4 is 34.6 Å². The van der Waals surface area contributed by atoms with Crippen LogP contribution in [0.1, 0.15) is 59.8 Å². The fraction of sp³-hybridized carbons (Fsp3) is 0.655. The molecule has 39 heavy (non-hydrogen) atoms. The maximum absolute atomic E-state index is 17.4. The maximum atomic E-state index is 17.4. The van der Waals surface area contributed by atoms with Crippen LogP contribution >= 0.6 is 11.8 Å². The van der Waals surface area contributed by atoms with Crippen LogP contribution in [0, 0.1) is 28.6 Å². The third kappa shape index (κ3) is 4.15. The molecule has 2 unspecified atom stereocenters. The molecular formula is C29H36F2O7S. The number of aliphatic hydroxyl groups excluding tert-OH is 1. The third-order valence-corrected chi connectivity index (χ3v) is 10.8. The van der Waals surface area contributed by atoms with Crippen LogP contribution in [-0.4, -0.2) is 58.2 Å². The Morgan fingerprint density at radius 3 is 2.59 bits per heavy atom. The van der Waals surface area contributed by atoms with Crippen molar-refractivity contribution in [3.05, 3.63) is 35.7 Å². The Morgan fingerprint density at radius 1 is 1.26 bits per heavy atom. The molecule has 1 N–H and O–H groups in total. The molecule has 0 saturated heterocycles. The normalized spacial score (nSPS) is 41.2. The number of fused-ring (bicyclic) bond motifs is 5. The number of carbonyl (C=O) groups excluding carboxylic acids is 4. The molecule has 0 aromatic rings. The van der Waals surface area contributed by atoms with E-state index < -0.39 is 68.8 Å². The van der Waals surface area contributed by atoms with Crippen LogP contribution in [-0.2, 0) is 28.7 Å². The van der Waals surface area contributed by atoms with Crippen molar-refractivity contribution < 1.29 is 42.5 Å². The summed E-state index contributed by atoms with van der Waals surface area (Å²) in [4.78, 5) is 50.2. The Hall–Kier alpha value is -2.33. The average molecular weight is 567 g/mol. The van der Waals surface area contributed by atoms with Crippen LogP contribution in [0.15, 0.2) is 35.7 Å². The lowest BCUT2D eigenvalue weighted by Crippen LogP contribution is -2.69. The largest absolute Gasteiger partial charge is 0.466 e. The first kappa shape index (κ1) is 29.6. The van der Waals surface area contributed by atoms with Gasteiger partial charge in [0.1, 0.15) is 5.83 Å². The molecule has 0 heterocycles. The number of rotatable bonds is 6. The summed E-state index contributed by atoms with van der Waals surface area (Å²) in [5.74, 6) is -4.13. The molecule has 0 aliphatic heterocycles. The predicted molar refractivity (Wildman–Crippen MR) is 141 cm³/mol. The summed E-state index contributed by atoms with van der Waals surface area (Å²) in [7, 11) is 1.23. The Balaban J connectivity index is 1.79. The highest BCUT2D eigenvalue weighted by atomic mass is 32.2. The van der Waals surface area contributed by atoms with Crippen LogP contribution in [0.2, 0.25) is 0 Å². The molecule has 0 aromatic heterocycles. The van der Waals surface area contributed by atoms with Crippen molar-refractivity contribution in [2.45, 2.75) is 77.2 Å². The molecule has 214 valence electrons. The van der Waals surface area contributed by atoms with E-state index in [1.54, 1.807) is 20.8 Å². The lowest BCUT2D eigenvalue weighted by molar-refractivity contribution is -0.223. The molecular weight excluding hydrogens is 530 g/mol. The number of halogens is 2. The number of hydrogen-bond donors (Lipinski definition) is 1. The molecule has 4 aliphatic rings. The summed E-state index contributed by atoms with van der Waals surface area (Å²) in [5.41, 5.74) is -6.65. The Labute approximate surface area is 231 Å². The van der Waals surface area contributed by atoms with E-state index in [9.17, 15) is 24.3 Å². The Morgan fingerprint density at radius 2 is 1.95 bits per heavy atom. The summed E-state index contributed by atoms with van der Waals surface area (Å²) in [5, 5.41) is 11.1. The number of ketones is 1. The van der Waals surface area contributed by atoms with Gasteiger partial charge in [0.25, 0.3) is 0 Å². The summed E-state index contributed by atoms with van der Waals surface area (Å²) < 4.78 is 43.7. The topological polar surface area (TPSA) is 107 Å². The van der Waals surface area contributed by atoms with Crippen molar-refractivity contribution in [1.29, 1.82) is 0 Å². The van der Waals surface area contributed by atoms with Crippen molar-refractivity contribution in [2.75, 3.05) is 12.9 Å². The van der Waals surface area contributed by atoms with Crippen molar-refractivity contribution in [3.8, 4) is 0 Å². The zero-order chi connectivity index (χ0) is 29.0.